The molecule has 0 fully saturated rings. The van der Waals surface area contributed by atoms with E-state index >= 15 is 0 Å². The third kappa shape index (κ3) is 2.88. The summed E-state index contributed by atoms with van der Waals surface area (Å²) in [4.78, 5) is 22.1. The average Bonchev–Trinajstić information content (AvgIpc) is 2.87. The number of phenolic OH excluding ortho intramolecular Hbond substituents is 1. The van der Waals surface area contributed by atoms with Crippen molar-refractivity contribution in [3.63, 3.8) is 0 Å². The molecule has 0 aromatic heterocycles. The summed E-state index contributed by atoms with van der Waals surface area (Å²) in [7, 11) is 0. The van der Waals surface area contributed by atoms with Crippen LogP contribution in [0.5, 0.6) is 5.75 Å². The highest BCUT2D eigenvalue weighted by atomic mass is 79.9. The number of para-hydroxylation sites is 1. The molecule has 24 heavy (non-hydrogen) atoms. The van der Waals surface area contributed by atoms with Gasteiger partial charge in [-0.05, 0) is 22.0 Å². The van der Waals surface area contributed by atoms with E-state index in [1.165, 1.54) is 6.07 Å². The molecular weight excluding hydrogens is 380 g/mol. The highest BCUT2D eigenvalue weighted by Crippen LogP contribution is 2.31. The van der Waals surface area contributed by atoms with Gasteiger partial charge in [0.25, 0.3) is 11.6 Å². The second-order valence-electron chi connectivity index (χ2n) is 4.82. The van der Waals surface area contributed by atoms with Gasteiger partial charge in [0.1, 0.15) is 5.75 Å². The normalized spacial score (nSPS) is 14.9. The zero-order valence-electron chi connectivity index (χ0n) is 11.9. The molecule has 120 valence electrons. The fraction of sp³-hybridized carbons (Fsp3) is 0. The van der Waals surface area contributed by atoms with Gasteiger partial charge in [-0.3, -0.25) is 14.9 Å². The third-order valence-electron chi connectivity index (χ3n) is 3.29. The van der Waals surface area contributed by atoms with E-state index in [1.54, 1.807) is 24.3 Å². The first kappa shape index (κ1) is 15.8. The van der Waals surface area contributed by atoms with Crippen LogP contribution in [0.2, 0.25) is 0 Å². The third-order valence-corrected chi connectivity index (χ3v) is 3.89. The number of carbonyl (C=O) groups excluding carboxylic acids is 1. The quantitative estimate of drug-likeness (QED) is 0.477. The molecule has 0 atom stereocenters. The number of fused-ring (bicyclic) bond motifs is 1. The molecule has 1 aliphatic heterocycles. The number of nitrogens with zero attached hydrogens (tertiary/aromatic N) is 3. The number of amides is 1. The smallest absolute Gasteiger partial charge is 0.276 e. The number of hydrogen-bond acceptors (Lipinski definition) is 6. The summed E-state index contributed by atoms with van der Waals surface area (Å²) >= 11 is 3.04. The van der Waals surface area contributed by atoms with Crippen molar-refractivity contribution >= 4 is 45.1 Å². The van der Waals surface area contributed by atoms with Crippen molar-refractivity contribution in [3.05, 3.63) is 62.1 Å². The van der Waals surface area contributed by atoms with Crippen LogP contribution >= 0.6 is 15.9 Å². The topological polar surface area (TPSA) is 117 Å². The SMILES string of the molecule is O=C1Nc2ccccc2/C1=N\N=C/c1cc([N+](=O)[O-])cc(Br)c1O. The van der Waals surface area contributed by atoms with Gasteiger partial charge in [-0.15, -0.1) is 5.10 Å². The Morgan fingerprint density at radius 2 is 2.04 bits per heavy atom. The second-order valence-corrected chi connectivity index (χ2v) is 5.67. The fourth-order valence-electron chi connectivity index (χ4n) is 2.16. The molecule has 0 spiro atoms. The van der Waals surface area contributed by atoms with Gasteiger partial charge in [-0.25, -0.2) is 0 Å². The average molecular weight is 389 g/mol. The number of phenols is 1. The van der Waals surface area contributed by atoms with Crippen molar-refractivity contribution in [3.8, 4) is 5.75 Å². The standard InChI is InChI=1S/C15H9BrN4O4/c16-11-6-9(20(23)24)5-8(14(11)21)7-17-19-13-10-3-1-2-4-12(10)18-15(13)22/h1-7,21H,(H,18,19,22)/b17-7-. The van der Waals surface area contributed by atoms with Gasteiger partial charge in [0.05, 0.1) is 21.3 Å². The van der Waals surface area contributed by atoms with Crippen LogP contribution in [0, 0.1) is 10.1 Å². The number of nitrogens with one attached hydrogen (secondary N) is 1. The van der Waals surface area contributed by atoms with E-state index in [-0.39, 0.29) is 27.2 Å². The number of aromatic hydroxyl groups is 1. The van der Waals surface area contributed by atoms with Gasteiger partial charge < -0.3 is 10.4 Å². The van der Waals surface area contributed by atoms with E-state index in [1.807, 2.05) is 0 Å². The second kappa shape index (κ2) is 6.20. The van der Waals surface area contributed by atoms with Gasteiger partial charge >= 0.3 is 0 Å². The van der Waals surface area contributed by atoms with Crippen molar-refractivity contribution in [2.24, 2.45) is 10.2 Å². The minimum Gasteiger partial charge on any atom is -0.506 e. The lowest BCUT2D eigenvalue weighted by Gasteiger charge is -2.01. The van der Waals surface area contributed by atoms with Gasteiger partial charge in [0.15, 0.2) is 5.71 Å². The fourth-order valence-corrected chi connectivity index (χ4v) is 2.62. The molecule has 0 saturated carbocycles. The van der Waals surface area contributed by atoms with Crippen LogP contribution in [0.25, 0.3) is 0 Å². The Labute approximate surface area is 143 Å². The van der Waals surface area contributed by atoms with E-state index in [0.29, 0.717) is 11.3 Å². The van der Waals surface area contributed by atoms with Crippen LogP contribution in [0.1, 0.15) is 11.1 Å². The Balaban J connectivity index is 1.95. The molecule has 8 nitrogen and oxygen atoms in total. The largest absolute Gasteiger partial charge is 0.506 e. The van der Waals surface area contributed by atoms with Gasteiger partial charge in [-0.1, -0.05) is 18.2 Å². The van der Waals surface area contributed by atoms with Crippen LogP contribution < -0.4 is 5.32 Å². The Hall–Kier alpha value is -3.07. The predicted molar refractivity (Wildman–Crippen MR) is 91.7 cm³/mol. The first-order chi connectivity index (χ1) is 11.5. The van der Waals surface area contributed by atoms with Crippen LogP contribution in [-0.2, 0) is 4.79 Å². The molecule has 2 N–H and O–H groups in total. The van der Waals surface area contributed by atoms with E-state index in [9.17, 15) is 20.0 Å². The Kier molecular flexibility index (Phi) is 4.09. The zero-order valence-corrected chi connectivity index (χ0v) is 13.5. The van der Waals surface area contributed by atoms with Crippen molar-refractivity contribution in [2.45, 2.75) is 0 Å². The Morgan fingerprint density at radius 3 is 2.79 bits per heavy atom. The number of halogens is 1. The maximum absolute atomic E-state index is 11.9. The molecule has 1 heterocycles. The van der Waals surface area contributed by atoms with Crippen LogP contribution in [0.4, 0.5) is 11.4 Å². The summed E-state index contributed by atoms with van der Waals surface area (Å²) in [6, 6.07) is 9.35. The zero-order chi connectivity index (χ0) is 17.3. The highest BCUT2D eigenvalue weighted by molar-refractivity contribution is 9.10. The van der Waals surface area contributed by atoms with E-state index < -0.39 is 10.8 Å². The first-order valence-electron chi connectivity index (χ1n) is 6.66. The number of carbonyl (C=O) groups is 1. The molecular formula is C15H9BrN4O4. The van der Waals surface area contributed by atoms with Crippen molar-refractivity contribution < 1.29 is 14.8 Å². The molecule has 0 bridgehead atoms. The monoisotopic (exact) mass is 388 g/mol. The summed E-state index contributed by atoms with van der Waals surface area (Å²) in [6.45, 7) is 0. The number of nitro benzene ring substituents is 1. The number of benzene rings is 2. The summed E-state index contributed by atoms with van der Waals surface area (Å²) in [5.74, 6) is -0.599. The molecule has 0 saturated heterocycles. The lowest BCUT2D eigenvalue weighted by atomic mass is 10.1. The number of non-ortho nitro benzene ring substituents is 1. The molecule has 0 radical (unpaired) electrons. The summed E-state index contributed by atoms with van der Waals surface area (Å²) in [5, 5.41) is 31.1. The molecule has 0 aliphatic carbocycles. The number of anilines is 1. The predicted octanol–water partition coefficient (Wildman–Crippen LogP) is 2.84. The Morgan fingerprint density at radius 1 is 1.29 bits per heavy atom. The number of hydrogen-bond donors (Lipinski definition) is 2. The van der Waals surface area contributed by atoms with Gasteiger partial charge in [-0.2, -0.15) is 5.10 Å². The lowest BCUT2D eigenvalue weighted by Crippen LogP contribution is -2.13. The summed E-state index contributed by atoms with van der Waals surface area (Å²) in [5.41, 5.74) is 1.28. The van der Waals surface area contributed by atoms with Crippen molar-refractivity contribution in [1.82, 2.24) is 0 Å². The molecule has 0 unspecified atom stereocenters. The van der Waals surface area contributed by atoms with Gasteiger partial charge in [0.2, 0.25) is 0 Å². The van der Waals surface area contributed by atoms with Crippen LogP contribution in [-0.4, -0.2) is 27.9 Å². The van der Waals surface area contributed by atoms with Crippen molar-refractivity contribution in [2.75, 3.05) is 5.32 Å². The van der Waals surface area contributed by atoms with Crippen LogP contribution in [0.3, 0.4) is 0 Å². The van der Waals surface area contributed by atoms with E-state index in [0.717, 1.165) is 12.3 Å². The number of rotatable bonds is 3. The number of nitro groups is 1. The molecule has 3 rings (SSSR count). The molecule has 2 aromatic rings. The van der Waals surface area contributed by atoms with Crippen molar-refractivity contribution in [1.29, 1.82) is 0 Å². The minimum absolute atomic E-state index is 0.104. The minimum atomic E-state index is -0.589. The molecule has 1 amide bonds. The van der Waals surface area contributed by atoms with E-state index in [2.05, 4.69) is 31.4 Å². The maximum Gasteiger partial charge on any atom is 0.276 e. The highest BCUT2D eigenvalue weighted by Gasteiger charge is 2.25. The van der Waals surface area contributed by atoms with E-state index in [4.69, 9.17) is 0 Å². The Bertz CT molecular complexity index is 924. The molecule has 1 aliphatic rings. The molecule has 2 aromatic carbocycles. The van der Waals surface area contributed by atoms with Crippen LogP contribution in [0.15, 0.2) is 51.1 Å². The van der Waals surface area contributed by atoms with Gasteiger partial charge in [0, 0.05) is 23.3 Å². The maximum atomic E-state index is 11.9. The summed E-state index contributed by atoms with van der Waals surface area (Å²) < 4.78 is 0.162. The first-order valence-corrected chi connectivity index (χ1v) is 7.45. The lowest BCUT2D eigenvalue weighted by molar-refractivity contribution is -0.385. The summed E-state index contributed by atoms with van der Waals surface area (Å²) in [6.07, 6.45) is 1.15. The molecule has 9 heteroatoms.